The van der Waals surface area contributed by atoms with E-state index < -0.39 is 5.41 Å². The summed E-state index contributed by atoms with van der Waals surface area (Å²) in [5.41, 5.74) is 0.406. The number of amides is 1. The van der Waals surface area contributed by atoms with E-state index in [-0.39, 0.29) is 11.7 Å². The molecule has 1 atom stereocenters. The van der Waals surface area contributed by atoms with E-state index in [2.05, 4.69) is 0 Å². The van der Waals surface area contributed by atoms with Crippen LogP contribution >= 0.6 is 0 Å². The number of methoxy groups -OCH3 is 1. The van der Waals surface area contributed by atoms with E-state index in [0.29, 0.717) is 5.75 Å². The molecule has 0 radical (unpaired) electrons. The van der Waals surface area contributed by atoms with E-state index in [1.54, 1.807) is 39.3 Å². The van der Waals surface area contributed by atoms with Crippen molar-refractivity contribution in [2.24, 2.45) is 0 Å². The summed E-state index contributed by atoms with van der Waals surface area (Å²) in [6, 6.07) is 5.35. The van der Waals surface area contributed by atoms with Gasteiger partial charge in [0.15, 0.2) is 0 Å². The van der Waals surface area contributed by atoms with Gasteiger partial charge >= 0.3 is 0 Å². The first-order valence-electron chi connectivity index (χ1n) is 5.40. The smallest absolute Gasteiger partial charge is 0.244 e. The zero-order valence-corrected chi connectivity index (χ0v) is 10.4. The topological polar surface area (TPSA) is 46.6 Å². The van der Waals surface area contributed by atoms with Crippen molar-refractivity contribution in [2.45, 2.75) is 19.3 Å². The summed E-state index contributed by atoms with van der Waals surface area (Å²) in [5, 5.41) is 0. The molecule has 0 saturated carbocycles. The maximum Gasteiger partial charge on any atom is 0.244 e. The second-order valence-electron chi connectivity index (χ2n) is 4.43. The fourth-order valence-electron chi connectivity index (χ4n) is 2.24. The average molecular weight is 233 g/mol. The van der Waals surface area contributed by atoms with E-state index >= 15 is 0 Å². The van der Waals surface area contributed by atoms with Gasteiger partial charge in [-0.3, -0.25) is 9.59 Å². The zero-order valence-electron chi connectivity index (χ0n) is 10.4. The van der Waals surface area contributed by atoms with Crippen LogP contribution < -0.4 is 9.64 Å². The lowest BCUT2D eigenvalue weighted by Gasteiger charge is -2.19. The third kappa shape index (κ3) is 1.37. The molecule has 1 unspecified atom stereocenters. The fourth-order valence-corrected chi connectivity index (χ4v) is 2.24. The summed E-state index contributed by atoms with van der Waals surface area (Å²) in [5.74, 6) is 0.314. The molecular formula is C13H15NO3. The molecule has 90 valence electrons. The van der Waals surface area contributed by atoms with Crippen LogP contribution in [0.25, 0.3) is 0 Å². The largest absolute Gasteiger partial charge is 0.497 e. The summed E-state index contributed by atoms with van der Waals surface area (Å²) < 4.78 is 5.14. The highest BCUT2D eigenvalue weighted by molar-refractivity contribution is 6.21. The number of benzene rings is 1. The molecular weight excluding hydrogens is 218 g/mol. The van der Waals surface area contributed by atoms with Crippen molar-refractivity contribution in [3.05, 3.63) is 23.8 Å². The summed E-state index contributed by atoms with van der Waals surface area (Å²) in [6.45, 7) is 3.11. The quantitative estimate of drug-likeness (QED) is 0.727. The fraction of sp³-hybridized carbons (Fsp3) is 0.385. The minimum Gasteiger partial charge on any atom is -0.497 e. The average Bonchev–Trinajstić information content (AvgIpc) is 2.52. The van der Waals surface area contributed by atoms with Crippen LogP contribution in [-0.2, 0) is 15.0 Å². The maximum absolute atomic E-state index is 12.2. The van der Waals surface area contributed by atoms with Gasteiger partial charge in [-0.25, -0.2) is 0 Å². The zero-order chi connectivity index (χ0) is 12.8. The Hall–Kier alpha value is -1.84. The van der Waals surface area contributed by atoms with Gasteiger partial charge in [0.2, 0.25) is 5.91 Å². The van der Waals surface area contributed by atoms with Gasteiger partial charge in [0.1, 0.15) is 16.9 Å². The molecule has 1 aliphatic rings. The van der Waals surface area contributed by atoms with Gasteiger partial charge in [-0.1, -0.05) is 0 Å². The third-order valence-electron chi connectivity index (χ3n) is 3.54. The standard InChI is InChI=1S/C13H15NO3/c1-8(15)13(2)10-7-9(17-4)5-6-11(10)14(3)12(13)16/h5-7H,1-4H3. The Morgan fingerprint density at radius 1 is 1.41 bits per heavy atom. The molecule has 2 rings (SSSR count). The van der Waals surface area contributed by atoms with Gasteiger partial charge in [-0.05, 0) is 32.0 Å². The molecule has 0 spiro atoms. The molecule has 1 aromatic rings. The number of hydrogen-bond donors (Lipinski definition) is 0. The molecule has 4 nitrogen and oxygen atoms in total. The number of carbonyl (C=O) groups excluding carboxylic acids is 2. The van der Waals surface area contributed by atoms with E-state index in [1.807, 2.05) is 0 Å². The Bertz CT molecular complexity index is 509. The van der Waals surface area contributed by atoms with Crippen molar-refractivity contribution in [1.82, 2.24) is 0 Å². The Balaban J connectivity index is 2.69. The molecule has 0 bridgehead atoms. The number of likely N-dealkylation sites (N-methyl/N-ethyl adjacent to an activating group) is 1. The number of ketones is 1. The Kier molecular flexibility index (Phi) is 2.45. The van der Waals surface area contributed by atoms with Crippen molar-refractivity contribution >= 4 is 17.4 Å². The van der Waals surface area contributed by atoms with E-state index in [1.165, 1.54) is 11.8 Å². The number of rotatable bonds is 2. The second kappa shape index (κ2) is 3.58. The van der Waals surface area contributed by atoms with Crippen LogP contribution in [0.5, 0.6) is 5.75 Å². The van der Waals surface area contributed by atoms with Gasteiger partial charge in [0, 0.05) is 18.3 Å². The molecule has 1 aromatic carbocycles. The lowest BCUT2D eigenvalue weighted by Crippen LogP contribution is -2.41. The van der Waals surface area contributed by atoms with E-state index in [9.17, 15) is 9.59 Å². The number of hydrogen-bond acceptors (Lipinski definition) is 3. The molecule has 0 fully saturated rings. The van der Waals surface area contributed by atoms with Crippen molar-refractivity contribution in [3.63, 3.8) is 0 Å². The number of nitrogens with zero attached hydrogens (tertiary/aromatic N) is 1. The van der Waals surface area contributed by atoms with Crippen LogP contribution in [0, 0.1) is 0 Å². The van der Waals surface area contributed by atoms with E-state index in [0.717, 1.165) is 11.3 Å². The van der Waals surface area contributed by atoms with Crippen LogP contribution in [0.4, 0.5) is 5.69 Å². The normalized spacial score (nSPS) is 22.6. The maximum atomic E-state index is 12.2. The number of anilines is 1. The second-order valence-corrected chi connectivity index (χ2v) is 4.43. The number of carbonyl (C=O) groups is 2. The van der Waals surface area contributed by atoms with Crippen LogP contribution in [-0.4, -0.2) is 25.8 Å². The molecule has 0 N–H and O–H groups in total. The Morgan fingerprint density at radius 3 is 2.59 bits per heavy atom. The highest BCUT2D eigenvalue weighted by Gasteiger charge is 2.49. The van der Waals surface area contributed by atoms with Gasteiger partial charge < -0.3 is 9.64 Å². The van der Waals surface area contributed by atoms with Crippen LogP contribution in [0.2, 0.25) is 0 Å². The highest BCUT2D eigenvalue weighted by atomic mass is 16.5. The molecule has 0 aliphatic carbocycles. The van der Waals surface area contributed by atoms with Crippen LogP contribution in [0.3, 0.4) is 0 Å². The first kappa shape index (κ1) is 11.6. The number of Topliss-reactive ketones (excluding diaryl/α,β-unsaturated/α-hetero) is 1. The van der Waals surface area contributed by atoms with Crippen LogP contribution in [0.1, 0.15) is 19.4 Å². The molecule has 1 amide bonds. The molecule has 1 heterocycles. The predicted molar refractivity (Wildman–Crippen MR) is 64.4 cm³/mol. The third-order valence-corrected chi connectivity index (χ3v) is 3.54. The van der Waals surface area contributed by atoms with Gasteiger partial charge in [0.05, 0.1) is 7.11 Å². The van der Waals surface area contributed by atoms with Crippen molar-refractivity contribution in [2.75, 3.05) is 19.1 Å². The summed E-state index contributed by atoms with van der Waals surface area (Å²) in [6.07, 6.45) is 0. The highest BCUT2D eigenvalue weighted by Crippen LogP contribution is 2.43. The summed E-state index contributed by atoms with van der Waals surface area (Å²) in [4.78, 5) is 25.5. The lowest BCUT2D eigenvalue weighted by molar-refractivity contribution is -0.132. The van der Waals surface area contributed by atoms with Crippen molar-refractivity contribution in [1.29, 1.82) is 0 Å². The minimum absolute atomic E-state index is 0.152. The first-order valence-corrected chi connectivity index (χ1v) is 5.40. The van der Waals surface area contributed by atoms with Gasteiger partial charge in [-0.2, -0.15) is 0 Å². The monoisotopic (exact) mass is 233 g/mol. The molecule has 4 heteroatoms. The molecule has 0 saturated heterocycles. The lowest BCUT2D eigenvalue weighted by atomic mass is 9.80. The first-order chi connectivity index (χ1) is 7.92. The Morgan fingerprint density at radius 2 is 2.06 bits per heavy atom. The van der Waals surface area contributed by atoms with E-state index in [4.69, 9.17) is 4.74 Å². The van der Waals surface area contributed by atoms with Crippen molar-refractivity contribution < 1.29 is 14.3 Å². The molecule has 1 aliphatic heterocycles. The Labute approximate surface area is 100 Å². The van der Waals surface area contributed by atoms with Crippen LogP contribution in [0.15, 0.2) is 18.2 Å². The molecule has 17 heavy (non-hydrogen) atoms. The van der Waals surface area contributed by atoms with Gasteiger partial charge in [-0.15, -0.1) is 0 Å². The number of ether oxygens (including phenoxy) is 1. The minimum atomic E-state index is -1.08. The summed E-state index contributed by atoms with van der Waals surface area (Å²) in [7, 11) is 3.25. The SMILES string of the molecule is COc1ccc2c(c1)C(C)(C(C)=O)C(=O)N2C. The predicted octanol–water partition coefficient (Wildman–Crippen LogP) is 1.52. The summed E-state index contributed by atoms with van der Waals surface area (Å²) >= 11 is 0. The van der Waals surface area contributed by atoms with Gasteiger partial charge in [0.25, 0.3) is 0 Å². The number of fused-ring (bicyclic) bond motifs is 1. The molecule has 0 aromatic heterocycles. The van der Waals surface area contributed by atoms with Crippen molar-refractivity contribution in [3.8, 4) is 5.75 Å².